The van der Waals surface area contributed by atoms with Crippen molar-refractivity contribution in [3.63, 3.8) is 0 Å². The highest BCUT2D eigenvalue weighted by molar-refractivity contribution is 14.0. The SMILES string of the molecule is CCNC(=NCc1ccc(Cn2ccnc2)cc1)N1CCN(c2ccc(F)cc2)CC1.I. The van der Waals surface area contributed by atoms with Crippen LogP contribution in [0.4, 0.5) is 10.1 Å². The number of rotatable bonds is 6. The summed E-state index contributed by atoms with van der Waals surface area (Å²) in [5.41, 5.74) is 3.50. The Morgan fingerprint density at radius 3 is 2.31 bits per heavy atom. The fourth-order valence-electron chi connectivity index (χ4n) is 3.76. The Balaban J connectivity index is 0.00000289. The third kappa shape index (κ3) is 6.44. The molecule has 0 unspecified atom stereocenters. The van der Waals surface area contributed by atoms with Crippen molar-refractivity contribution in [3.8, 4) is 0 Å². The van der Waals surface area contributed by atoms with Crippen LogP contribution in [0.2, 0.25) is 0 Å². The van der Waals surface area contributed by atoms with Gasteiger partial charge in [0.25, 0.3) is 0 Å². The van der Waals surface area contributed by atoms with Crippen molar-refractivity contribution in [1.29, 1.82) is 0 Å². The number of piperazine rings is 1. The fraction of sp³-hybridized carbons (Fsp3) is 0.333. The molecule has 1 aliphatic rings. The highest BCUT2D eigenvalue weighted by atomic mass is 127. The highest BCUT2D eigenvalue weighted by Gasteiger charge is 2.19. The molecule has 32 heavy (non-hydrogen) atoms. The summed E-state index contributed by atoms with van der Waals surface area (Å²) in [6.45, 7) is 7.94. The van der Waals surface area contributed by atoms with Crippen molar-refractivity contribution < 1.29 is 4.39 Å². The molecule has 0 aliphatic carbocycles. The molecule has 3 aromatic rings. The molecule has 170 valence electrons. The van der Waals surface area contributed by atoms with E-state index in [9.17, 15) is 4.39 Å². The van der Waals surface area contributed by atoms with Crippen molar-refractivity contribution in [1.82, 2.24) is 19.8 Å². The van der Waals surface area contributed by atoms with E-state index in [-0.39, 0.29) is 29.8 Å². The maximum Gasteiger partial charge on any atom is 0.194 e. The minimum Gasteiger partial charge on any atom is -0.368 e. The summed E-state index contributed by atoms with van der Waals surface area (Å²) in [6.07, 6.45) is 5.60. The number of nitrogens with zero attached hydrogens (tertiary/aromatic N) is 5. The van der Waals surface area contributed by atoms with Crippen LogP contribution in [0.15, 0.2) is 72.2 Å². The standard InChI is InChI=1S/C24H29FN6.HI/c1-2-27-24(31-15-13-30(14-16-31)23-9-7-22(25)8-10-23)28-17-20-3-5-21(6-4-20)18-29-12-11-26-19-29;/h3-12,19H,2,13-18H2,1H3,(H,27,28);1H. The summed E-state index contributed by atoms with van der Waals surface area (Å²) in [7, 11) is 0. The molecule has 1 saturated heterocycles. The molecular formula is C24H30FIN6. The van der Waals surface area contributed by atoms with E-state index < -0.39 is 0 Å². The first-order valence-electron chi connectivity index (χ1n) is 10.8. The van der Waals surface area contributed by atoms with Crippen molar-refractivity contribution in [2.24, 2.45) is 4.99 Å². The molecule has 0 atom stereocenters. The van der Waals surface area contributed by atoms with Gasteiger partial charge in [0.05, 0.1) is 12.9 Å². The van der Waals surface area contributed by atoms with E-state index in [1.165, 1.54) is 23.3 Å². The maximum atomic E-state index is 13.2. The van der Waals surface area contributed by atoms with Gasteiger partial charge in [-0.2, -0.15) is 0 Å². The highest BCUT2D eigenvalue weighted by Crippen LogP contribution is 2.17. The first-order valence-corrected chi connectivity index (χ1v) is 10.8. The van der Waals surface area contributed by atoms with E-state index in [2.05, 4.69) is 55.9 Å². The van der Waals surface area contributed by atoms with E-state index in [4.69, 9.17) is 4.99 Å². The Morgan fingerprint density at radius 1 is 1.00 bits per heavy atom. The monoisotopic (exact) mass is 548 g/mol. The summed E-state index contributed by atoms with van der Waals surface area (Å²) in [5.74, 6) is 0.752. The third-order valence-electron chi connectivity index (χ3n) is 5.46. The Bertz CT molecular complexity index is 965. The van der Waals surface area contributed by atoms with Crippen LogP contribution in [0.3, 0.4) is 0 Å². The van der Waals surface area contributed by atoms with E-state index in [1.54, 1.807) is 6.20 Å². The van der Waals surface area contributed by atoms with Gasteiger partial charge >= 0.3 is 0 Å². The maximum absolute atomic E-state index is 13.2. The van der Waals surface area contributed by atoms with Gasteiger partial charge in [0.2, 0.25) is 0 Å². The minimum absolute atomic E-state index is 0. The second kappa shape index (κ2) is 11.8. The zero-order valence-corrected chi connectivity index (χ0v) is 20.7. The molecule has 0 spiro atoms. The molecule has 1 fully saturated rings. The molecule has 4 rings (SSSR count). The summed E-state index contributed by atoms with van der Waals surface area (Å²) >= 11 is 0. The number of nitrogens with one attached hydrogen (secondary N) is 1. The zero-order chi connectivity index (χ0) is 21.5. The molecule has 1 aromatic heterocycles. The summed E-state index contributed by atoms with van der Waals surface area (Å²) in [5, 5.41) is 3.42. The molecule has 6 nitrogen and oxygen atoms in total. The molecule has 0 radical (unpaired) electrons. The van der Waals surface area contributed by atoms with E-state index in [1.807, 2.05) is 24.7 Å². The molecule has 0 amide bonds. The third-order valence-corrected chi connectivity index (χ3v) is 5.46. The first-order chi connectivity index (χ1) is 15.2. The lowest BCUT2D eigenvalue weighted by atomic mass is 10.1. The Morgan fingerprint density at radius 2 is 1.69 bits per heavy atom. The zero-order valence-electron chi connectivity index (χ0n) is 18.3. The second-order valence-corrected chi connectivity index (χ2v) is 7.67. The molecule has 1 N–H and O–H groups in total. The molecule has 1 aliphatic heterocycles. The lowest BCUT2D eigenvalue weighted by Crippen LogP contribution is -2.52. The number of imidazole rings is 1. The molecular weight excluding hydrogens is 518 g/mol. The lowest BCUT2D eigenvalue weighted by Gasteiger charge is -2.37. The summed E-state index contributed by atoms with van der Waals surface area (Å²) in [6, 6.07) is 15.3. The van der Waals surface area contributed by atoms with Crippen LogP contribution < -0.4 is 10.2 Å². The number of aliphatic imine (C=N–C) groups is 1. The van der Waals surface area contributed by atoms with Gasteiger partial charge in [-0.15, -0.1) is 24.0 Å². The summed E-state index contributed by atoms with van der Waals surface area (Å²) in [4.78, 5) is 13.6. The quantitative estimate of drug-likeness (QED) is 0.288. The van der Waals surface area contributed by atoms with Crippen LogP contribution in [0, 0.1) is 5.82 Å². The predicted molar refractivity (Wildman–Crippen MR) is 138 cm³/mol. The first kappa shape index (κ1) is 24.0. The second-order valence-electron chi connectivity index (χ2n) is 7.67. The number of hydrogen-bond acceptors (Lipinski definition) is 3. The van der Waals surface area contributed by atoms with Crippen LogP contribution in [0.1, 0.15) is 18.1 Å². The van der Waals surface area contributed by atoms with Gasteiger partial charge in [0, 0.05) is 57.3 Å². The van der Waals surface area contributed by atoms with Crippen LogP contribution in [-0.2, 0) is 13.1 Å². The predicted octanol–water partition coefficient (Wildman–Crippen LogP) is 3.98. The Hall–Kier alpha value is -2.62. The molecule has 0 bridgehead atoms. The molecule has 2 heterocycles. The average molecular weight is 548 g/mol. The van der Waals surface area contributed by atoms with Crippen molar-refractivity contribution >= 4 is 35.6 Å². The normalized spacial score (nSPS) is 14.2. The van der Waals surface area contributed by atoms with Gasteiger partial charge in [-0.1, -0.05) is 24.3 Å². The number of anilines is 1. The van der Waals surface area contributed by atoms with Crippen molar-refractivity contribution in [3.05, 3.63) is 84.2 Å². The number of guanidine groups is 1. The van der Waals surface area contributed by atoms with Gasteiger partial charge in [-0.25, -0.2) is 14.4 Å². The van der Waals surface area contributed by atoms with E-state index in [0.29, 0.717) is 6.54 Å². The van der Waals surface area contributed by atoms with Crippen LogP contribution in [-0.4, -0.2) is 53.1 Å². The van der Waals surface area contributed by atoms with Gasteiger partial charge in [-0.05, 0) is 42.3 Å². The number of hydrogen-bond donors (Lipinski definition) is 1. The molecule has 0 saturated carbocycles. The largest absolute Gasteiger partial charge is 0.368 e. The smallest absolute Gasteiger partial charge is 0.194 e. The van der Waals surface area contributed by atoms with Crippen molar-refractivity contribution in [2.45, 2.75) is 20.0 Å². The number of aromatic nitrogens is 2. The number of halogens is 2. The Labute approximate surface area is 206 Å². The van der Waals surface area contributed by atoms with Gasteiger partial charge < -0.3 is 19.7 Å². The molecule has 8 heteroatoms. The topological polar surface area (TPSA) is 48.7 Å². The fourth-order valence-corrected chi connectivity index (χ4v) is 3.76. The minimum atomic E-state index is -0.196. The van der Waals surface area contributed by atoms with Crippen LogP contribution in [0.25, 0.3) is 0 Å². The van der Waals surface area contributed by atoms with Crippen molar-refractivity contribution in [2.75, 3.05) is 37.6 Å². The van der Waals surface area contributed by atoms with Crippen LogP contribution in [0.5, 0.6) is 0 Å². The van der Waals surface area contributed by atoms with Gasteiger partial charge in [0.1, 0.15) is 5.82 Å². The van der Waals surface area contributed by atoms with E-state index in [0.717, 1.165) is 50.9 Å². The summed E-state index contributed by atoms with van der Waals surface area (Å²) < 4.78 is 15.2. The number of benzene rings is 2. The Kier molecular flexibility index (Phi) is 8.90. The van der Waals surface area contributed by atoms with Crippen LogP contribution >= 0.6 is 24.0 Å². The van der Waals surface area contributed by atoms with E-state index >= 15 is 0 Å². The van der Waals surface area contributed by atoms with Gasteiger partial charge in [-0.3, -0.25) is 0 Å². The molecule has 2 aromatic carbocycles. The average Bonchev–Trinajstić information content (AvgIpc) is 3.31. The lowest BCUT2D eigenvalue weighted by molar-refractivity contribution is 0.372. The van der Waals surface area contributed by atoms with Gasteiger partial charge in [0.15, 0.2) is 5.96 Å².